The average molecular weight is 271 g/mol. The second-order valence-corrected chi connectivity index (χ2v) is 4.60. The molecule has 0 fully saturated rings. The maximum atomic E-state index is 5.71. The second-order valence-electron chi connectivity index (χ2n) is 4.60. The van der Waals surface area contributed by atoms with Gasteiger partial charge in [-0.2, -0.15) is 0 Å². The molecular weight excluding hydrogens is 254 g/mol. The van der Waals surface area contributed by atoms with Gasteiger partial charge in [-0.05, 0) is 25.6 Å². The number of fused-ring (bicyclic) bond motifs is 1. The summed E-state index contributed by atoms with van der Waals surface area (Å²) in [5.74, 6) is 1.19. The molecule has 5 heteroatoms. The third kappa shape index (κ3) is 2.58. The fraction of sp³-hybridized carbons (Fsp3) is 0.333. The maximum absolute atomic E-state index is 5.71. The van der Waals surface area contributed by atoms with E-state index in [4.69, 9.17) is 8.83 Å². The molecule has 0 saturated carbocycles. The van der Waals surface area contributed by atoms with Crippen molar-refractivity contribution in [2.75, 3.05) is 13.1 Å². The number of aryl methyl sites for hydroxylation is 1. The summed E-state index contributed by atoms with van der Waals surface area (Å²) in [5, 5.41) is 12.5. The first-order chi connectivity index (χ1) is 9.88. The van der Waals surface area contributed by atoms with Crippen LogP contribution in [-0.4, -0.2) is 23.3 Å². The molecule has 3 aromatic rings. The monoisotopic (exact) mass is 271 g/mol. The van der Waals surface area contributed by atoms with Gasteiger partial charge < -0.3 is 14.2 Å². The van der Waals surface area contributed by atoms with Crippen LogP contribution < -0.4 is 5.32 Å². The zero-order chi connectivity index (χ0) is 13.8. The molecule has 1 N–H and O–H groups in total. The van der Waals surface area contributed by atoms with Gasteiger partial charge in [0.05, 0.1) is 5.56 Å². The van der Waals surface area contributed by atoms with Crippen molar-refractivity contribution in [3.63, 3.8) is 0 Å². The average Bonchev–Trinajstić information content (AvgIpc) is 3.10. The van der Waals surface area contributed by atoms with Crippen molar-refractivity contribution in [2.24, 2.45) is 0 Å². The van der Waals surface area contributed by atoms with E-state index in [-0.39, 0.29) is 0 Å². The lowest BCUT2D eigenvalue weighted by Gasteiger charge is -1.97. The Hall–Kier alpha value is -2.14. The smallest absolute Gasteiger partial charge is 0.251 e. The lowest BCUT2D eigenvalue weighted by atomic mass is 10.2. The Kier molecular flexibility index (Phi) is 3.78. The molecule has 0 bridgehead atoms. The van der Waals surface area contributed by atoms with E-state index in [0.717, 1.165) is 42.5 Å². The largest absolute Gasteiger partial charge is 0.463 e. The van der Waals surface area contributed by atoms with Crippen LogP contribution >= 0.6 is 0 Å². The number of hydrogen-bond acceptors (Lipinski definition) is 5. The molecule has 104 valence electrons. The minimum atomic E-state index is 0.522. The molecule has 0 spiro atoms. The van der Waals surface area contributed by atoms with Crippen LogP contribution in [0, 0.1) is 0 Å². The van der Waals surface area contributed by atoms with Gasteiger partial charge in [0.2, 0.25) is 5.89 Å². The predicted octanol–water partition coefficient (Wildman–Crippen LogP) is 3.02. The van der Waals surface area contributed by atoms with E-state index in [0.29, 0.717) is 11.8 Å². The Morgan fingerprint density at radius 1 is 1.20 bits per heavy atom. The third-order valence-electron chi connectivity index (χ3n) is 3.17. The lowest BCUT2D eigenvalue weighted by molar-refractivity contribution is 0.492. The van der Waals surface area contributed by atoms with Gasteiger partial charge in [0.15, 0.2) is 0 Å². The number of para-hydroxylation sites is 1. The molecule has 0 amide bonds. The van der Waals surface area contributed by atoms with Gasteiger partial charge in [0, 0.05) is 11.8 Å². The summed E-state index contributed by atoms with van der Waals surface area (Å²) in [4.78, 5) is 0. The van der Waals surface area contributed by atoms with Gasteiger partial charge in [0.25, 0.3) is 5.89 Å². The van der Waals surface area contributed by atoms with Crippen molar-refractivity contribution in [1.82, 2.24) is 15.5 Å². The highest BCUT2D eigenvalue weighted by Crippen LogP contribution is 2.29. The summed E-state index contributed by atoms with van der Waals surface area (Å²) in [6.07, 6.45) is 3.44. The standard InChI is InChI=1S/C15H17N3O2/c1-2-16-9-5-8-14-17-18-15(20-14)12-10-19-13-7-4-3-6-11(12)13/h3-4,6-7,10,16H,2,5,8-9H2,1H3. The molecule has 20 heavy (non-hydrogen) atoms. The first-order valence-electron chi connectivity index (χ1n) is 6.88. The van der Waals surface area contributed by atoms with Crippen LogP contribution in [0.4, 0.5) is 0 Å². The highest BCUT2D eigenvalue weighted by molar-refractivity contribution is 5.91. The van der Waals surface area contributed by atoms with Crippen molar-refractivity contribution < 1.29 is 8.83 Å². The normalized spacial score (nSPS) is 11.2. The van der Waals surface area contributed by atoms with Crippen LogP contribution in [0.2, 0.25) is 0 Å². The van der Waals surface area contributed by atoms with Crippen molar-refractivity contribution in [3.8, 4) is 11.5 Å². The molecule has 0 aliphatic heterocycles. The number of aromatic nitrogens is 2. The van der Waals surface area contributed by atoms with Gasteiger partial charge in [0.1, 0.15) is 11.8 Å². The Morgan fingerprint density at radius 3 is 3.00 bits per heavy atom. The van der Waals surface area contributed by atoms with Gasteiger partial charge in [-0.3, -0.25) is 0 Å². The molecule has 1 aromatic carbocycles. The molecule has 3 rings (SSSR count). The molecule has 2 aromatic heterocycles. The van der Waals surface area contributed by atoms with E-state index in [2.05, 4.69) is 22.4 Å². The fourth-order valence-corrected chi connectivity index (χ4v) is 2.15. The summed E-state index contributed by atoms with van der Waals surface area (Å²) in [5.41, 5.74) is 1.68. The zero-order valence-electron chi connectivity index (χ0n) is 11.4. The molecule has 5 nitrogen and oxygen atoms in total. The summed E-state index contributed by atoms with van der Waals surface area (Å²) < 4.78 is 11.2. The van der Waals surface area contributed by atoms with Crippen molar-refractivity contribution >= 4 is 11.0 Å². The number of rotatable bonds is 6. The highest BCUT2D eigenvalue weighted by atomic mass is 16.4. The minimum absolute atomic E-state index is 0.522. The molecule has 0 aliphatic rings. The molecule has 0 aliphatic carbocycles. The summed E-state index contributed by atoms with van der Waals surface area (Å²) in [7, 11) is 0. The first kappa shape index (κ1) is 12.9. The summed E-state index contributed by atoms with van der Waals surface area (Å²) >= 11 is 0. The SMILES string of the molecule is CCNCCCc1nnc(-c2coc3ccccc23)o1. The molecule has 0 saturated heterocycles. The van der Waals surface area contributed by atoms with Crippen LogP contribution in [0.3, 0.4) is 0 Å². The van der Waals surface area contributed by atoms with Crippen molar-refractivity contribution in [2.45, 2.75) is 19.8 Å². The van der Waals surface area contributed by atoms with Gasteiger partial charge in [-0.1, -0.05) is 25.1 Å². The lowest BCUT2D eigenvalue weighted by Crippen LogP contribution is -2.14. The topological polar surface area (TPSA) is 64.1 Å². The second kappa shape index (κ2) is 5.88. The molecule has 0 unspecified atom stereocenters. The Balaban J connectivity index is 1.76. The quantitative estimate of drug-likeness (QED) is 0.698. The molecule has 2 heterocycles. The number of furan rings is 1. The maximum Gasteiger partial charge on any atom is 0.251 e. The zero-order valence-corrected chi connectivity index (χ0v) is 11.4. The van der Waals surface area contributed by atoms with E-state index in [1.54, 1.807) is 6.26 Å². The van der Waals surface area contributed by atoms with Gasteiger partial charge in [-0.15, -0.1) is 10.2 Å². The van der Waals surface area contributed by atoms with Crippen molar-refractivity contribution in [1.29, 1.82) is 0 Å². The number of benzene rings is 1. The van der Waals surface area contributed by atoms with Crippen LogP contribution in [-0.2, 0) is 6.42 Å². The van der Waals surface area contributed by atoms with Crippen LogP contribution in [0.25, 0.3) is 22.4 Å². The summed E-state index contributed by atoms with van der Waals surface area (Å²) in [6.45, 7) is 4.04. The van der Waals surface area contributed by atoms with E-state index in [1.165, 1.54) is 0 Å². The van der Waals surface area contributed by atoms with Crippen LogP contribution in [0.5, 0.6) is 0 Å². The first-order valence-corrected chi connectivity index (χ1v) is 6.88. The predicted molar refractivity (Wildman–Crippen MR) is 76.4 cm³/mol. The Morgan fingerprint density at radius 2 is 2.10 bits per heavy atom. The van der Waals surface area contributed by atoms with Crippen molar-refractivity contribution in [3.05, 3.63) is 36.4 Å². The van der Waals surface area contributed by atoms with E-state index < -0.39 is 0 Å². The van der Waals surface area contributed by atoms with Gasteiger partial charge in [-0.25, -0.2) is 0 Å². The van der Waals surface area contributed by atoms with E-state index in [9.17, 15) is 0 Å². The summed E-state index contributed by atoms with van der Waals surface area (Å²) in [6, 6.07) is 7.82. The fourth-order valence-electron chi connectivity index (χ4n) is 2.15. The molecular formula is C15H17N3O2. The Labute approximate surface area is 117 Å². The van der Waals surface area contributed by atoms with E-state index >= 15 is 0 Å². The van der Waals surface area contributed by atoms with Crippen LogP contribution in [0.15, 0.2) is 39.4 Å². The minimum Gasteiger partial charge on any atom is -0.463 e. The van der Waals surface area contributed by atoms with Gasteiger partial charge >= 0.3 is 0 Å². The number of nitrogens with zero attached hydrogens (tertiary/aromatic N) is 2. The third-order valence-corrected chi connectivity index (χ3v) is 3.17. The number of hydrogen-bond donors (Lipinski definition) is 1. The van der Waals surface area contributed by atoms with E-state index in [1.807, 2.05) is 24.3 Å². The van der Waals surface area contributed by atoms with Crippen LogP contribution in [0.1, 0.15) is 19.2 Å². The number of nitrogens with one attached hydrogen (secondary N) is 1. The highest BCUT2D eigenvalue weighted by Gasteiger charge is 2.14. The molecule has 0 atom stereocenters. The molecule has 0 radical (unpaired) electrons. The Bertz CT molecular complexity index is 687.